The van der Waals surface area contributed by atoms with Gasteiger partial charge in [-0.1, -0.05) is 122 Å². The second-order valence-electron chi connectivity index (χ2n) is 17.1. The van der Waals surface area contributed by atoms with Gasteiger partial charge in [0.15, 0.2) is 0 Å². The van der Waals surface area contributed by atoms with Gasteiger partial charge in [0.1, 0.15) is 10.0 Å². The molecule has 0 aliphatic rings. The third kappa shape index (κ3) is 6.56. The third-order valence-electron chi connectivity index (χ3n) is 13.2. The molecule has 0 amide bonds. The first-order valence-corrected chi connectivity index (χ1v) is 24.4. The Morgan fingerprint density at radius 1 is 0.338 bits per heavy atom. The number of fused-ring (bicyclic) bond motifs is 8. The van der Waals surface area contributed by atoms with Crippen LogP contribution in [0, 0.1) is 0 Å². The molecular formula is C62H42N4S2. The van der Waals surface area contributed by atoms with E-state index in [4.69, 9.17) is 0 Å². The number of hydrogen-bond acceptors (Lipinski definition) is 4. The van der Waals surface area contributed by atoms with Gasteiger partial charge >= 0.3 is 0 Å². The van der Waals surface area contributed by atoms with Crippen molar-refractivity contribution >= 4 is 131 Å². The zero-order valence-corrected chi connectivity index (χ0v) is 38.6. The van der Waals surface area contributed by atoms with E-state index in [1.807, 2.05) is 34.8 Å². The van der Waals surface area contributed by atoms with Crippen molar-refractivity contribution in [3.8, 4) is 11.4 Å². The van der Waals surface area contributed by atoms with Gasteiger partial charge in [-0.15, -0.1) is 22.7 Å². The molecular weight excluding hydrogens is 865 g/mol. The summed E-state index contributed by atoms with van der Waals surface area (Å²) >= 11 is 3.64. The topological polar surface area (TPSA) is 16.3 Å². The first kappa shape index (κ1) is 39.9. The van der Waals surface area contributed by atoms with Crippen LogP contribution in [0.1, 0.15) is 11.1 Å². The molecule has 0 bridgehead atoms. The van der Waals surface area contributed by atoms with Crippen molar-refractivity contribution in [1.29, 1.82) is 0 Å². The van der Waals surface area contributed by atoms with Crippen molar-refractivity contribution in [1.82, 2.24) is 9.13 Å². The first-order chi connectivity index (χ1) is 33.6. The number of aromatic nitrogens is 2. The molecule has 0 aliphatic carbocycles. The highest BCUT2D eigenvalue weighted by Gasteiger charge is 2.21. The Morgan fingerprint density at radius 3 is 0.941 bits per heavy atom. The van der Waals surface area contributed by atoms with E-state index in [-0.39, 0.29) is 0 Å². The van der Waals surface area contributed by atoms with Gasteiger partial charge in [-0.05, 0) is 143 Å². The maximum absolute atomic E-state index is 4.02. The van der Waals surface area contributed by atoms with E-state index in [1.54, 1.807) is 0 Å². The normalized spacial score (nSPS) is 11.6. The molecule has 6 heteroatoms. The summed E-state index contributed by atoms with van der Waals surface area (Å²) in [7, 11) is 0. The average molecular weight is 907 g/mol. The Morgan fingerprint density at radius 2 is 0.632 bits per heavy atom. The Kier molecular flexibility index (Phi) is 9.49. The first-order valence-electron chi connectivity index (χ1n) is 22.8. The SMILES string of the molecule is C=Cc1ccc(N(c2ccc(-n3c4ccccc4c4ccccc43)cc2)c2cc3cc4sc(N(c5ccc(C=C)cc5)c5ccc(-n6c7ccccc7c7ccccc76)cc5)cc4cc3s2)cc1. The molecule has 0 atom stereocenters. The van der Waals surface area contributed by atoms with Crippen LogP contribution in [0.15, 0.2) is 232 Å². The van der Waals surface area contributed by atoms with Gasteiger partial charge in [0.2, 0.25) is 0 Å². The van der Waals surface area contributed by atoms with Crippen LogP contribution in [-0.2, 0) is 0 Å². The molecule has 68 heavy (non-hydrogen) atoms. The van der Waals surface area contributed by atoms with E-state index in [0.29, 0.717) is 0 Å². The maximum Gasteiger partial charge on any atom is 0.101 e. The molecule has 0 radical (unpaired) electrons. The molecule has 0 spiro atoms. The second kappa shape index (κ2) is 16.2. The maximum atomic E-state index is 4.02. The largest absolute Gasteiger partial charge is 0.309 e. The van der Waals surface area contributed by atoms with Crippen molar-refractivity contribution < 1.29 is 0 Å². The number of anilines is 6. The lowest BCUT2D eigenvalue weighted by molar-refractivity contribution is 1.17. The Balaban J connectivity index is 0.884. The third-order valence-corrected chi connectivity index (χ3v) is 15.4. The van der Waals surface area contributed by atoms with Gasteiger partial charge in [-0.25, -0.2) is 0 Å². The van der Waals surface area contributed by atoms with Crippen molar-refractivity contribution in [3.05, 3.63) is 243 Å². The summed E-state index contributed by atoms with van der Waals surface area (Å²) in [6.07, 6.45) is 3.79. The number of hydrogen-bond donors (Lipinski definition) is 0. The van der Waals surface area contributed by atoms with Crippen molar-refractivity contribution in [3.63, 3.8) is 0 Å². The highest BCUT2D eigenvalue weighted by molar-refractivity contribution is 7.24. The summed E-state index contributed by atoms with van der Waals surface area (Å²) in [5, 5.41) is 9.78. The Bertz CT molecular complexity index is 3630. The zero-order chi connectivity index (χ0) is 45.3. The molecule has 322 valence electrons. The van der Waals surface area contributed by atoms with E-state index in [9.17, 15) is 0 Å². The van der Waals surface area contributed by atoms with Gasteiger partial charge in [0.05, 0.1) is 22.1 Å². The highest BCUT2D eigenvalue weighted by Crippen LogP contribution is 2.47. The lowest BCUT2D eigenvalue weighted by atomic mass is 10.1. The number of benzene rings is 9. The predicted octanol–water partition coefficient (Wildman–Crippen LogP) is 18.5. The Hall–Kier alpha value is -8.42. The summed E-state index contributed by atoms with van der Waals surface area (Å²) in [6, 6.07) is 79.5. The van der Waals surface area contributed by atoms with Gasteiger partial charge < -0.3 is 18.9 Å². The highest BCUT2D eigenvalue weighted by atomic mass is 32.1. The number of para-hydroxylation sites is 4. The van der Waals surface area contributed by atoms with Crippen LogP contribution in [0.25, 0.3) is 87.3 Å². The molecule has 0 saturated carbocycles. The van der Waals surface area contributed by atoms with Crippen LogP contribution >= 0.6 is 22.7 Å². The molecule has 0 unspecified atom stereocenters. The molecule has 9 aromatic carbocycles. The van der Waals surface area contributed by atoms with Crippen molar-refractivity contribution in [2.45, 2.75) is 0 Å². The second-order valence-corrected chi connectivity index (χ2v) is 19.3. The van der Waals surface area contributed by atoms with Crippen LogP contribution in [0.3, 0.4) is 0 Å². The van der Waals surface area contributed by atoms with Gasteiger partial charge in [-0.2, -0.15) is 0 Å². The molecule has 13 rings (SSSR count). The number of nitrogens with zero attached hydrogens (tertiary/aromatic N) is 4. The lowest BCUT2D eigenvalue weighted by Gasteiger charge is -2.24. The Labute approximate surface area is 402 Å². The van der Waals surface area contributed by atoms with E-state index in [0.717, 1.165) is 55.3 Å². The van der Waals surface area contributed by atoms with Gasteiger partial charge in [0.25, 0.3) is 0 Å². The fourth-order valence-corrected chi connectivity index (χ4v) is 12.3. The van der Waals surface area contributed by atoms with E-state index < -0.39 is 0 Å². The summed E-state index contributed by atoms with van der Waals surface area (Å²) in [5.74, 6) is 0. The number of rotatable bonds is 10. The monoisotopic (exact) mass is 906 g/mol. The average Bonchev–Trinajstić information content (AvgIpc) is 4.17. The van der Waals surface area contributed by atoms with Crippen molar-refractivity contribution in [2.24, 2.45) is 0 Å². The fourth-order valence-electron chi connectivity index (χ4n) is 9.99. The zero-order valence-electron chi connectivity index (χ0n) is 37.0. The van der Waals surface area contributed by atoms with Crippen LogP contribution in [0.2, 0.25) is 0 Å². The standard InChI is InChI=1S/C62H42N4S2/c1-3-41-21-25-45(26-22-41)63(47-29-33-49(34-30-47)65-55-17-9-5-13-51(55)52-14-6-10-18-56(52)65)61-39-43-37-60-44(38-59(43)67-61)40-62(68-60)64(46-27-23-42(4-2)24-28-46)48-31-35-50(36-32-48)66-57-19-11-7-15-53(57)54-16-8-12-20-58(54)66/h3-40H,1-2H2. The summed E-state index contributed by atoms with van der Waals surface area (Å²) in [4.78, 5) is 4.76. The van der Waals surface area contributed by atoms with Crippen LogP contribution in [0.4, 0.5) is 32.8 Å². The quantitative estimate of drug-likeness (QED) is 0.136. The van der Waals surface area contributed by atoms with Crippen LogP contribution in [0.5, 0.6) is 0 Å². The van der Waals surface area contributed by atoms with Crippen LogP contribution < -0.4 is 9.80 Å². The predicted molar refractivity (Wildman–Crippen MR) is 295 cm³/mol. The van der Waals surface area contributed by atoms with E-state index >= 15 is 0 Å². The minimum Gasteiger partial charge on any atom is -0.309 e. The fraction of sp³-hybridized carbons (Fsp3) is 0. The summed E-state index contributed by atoms with van der Waals surface area (Å²) < 4.78 is 7.22. The molecule has 0 aliphatic heterocycles. The minimum atomic E-state index is 1.09. The van der Waals surface area contributed by atoms with Crippen molar-refractivity contribution in [2.75, 3.05) is 9.80 Å². The molecule has 13 aromatic rings. The molecule has 4 nitrogen and oxygen atoms in total. The van der Waals surface area contributed by atoms with E-state index in [1.165, 1.54) is 63.8 Å². The molecule has 4 heterocycles. The van der Waals surface area contributed by atoms with Gasteiger partial charge in [-0.3, -0.25) is 0 Å². The lowest BCUT2D eigenvalue weighted by Crippen LogP contribution is -2.08. The van der Waals surface area contributed by atoms with Gasteiger partial charge in [0, 0.05) is 65.1 Å². The van der Waals surface area contributed by atoms with E-state index in [2.05, 4.69) is 250 Å². The molecule has 0 fully saturated rings. The molecule has 0 saturated heterocycles. The summed E-state index contributed by atoms with van der Waals surface area (Å²) in [6.45, 7) is 8.04. The minimum absolute atomic E-state index is 1.09. The molecule has 0 N–H and O–H groups in total. The molecule has 4 aromatic heterocycles. The number of thiophene rings is 2. The smallest absolute Gasteiger partial charge is 0.101 e. The van der Waals surface area contributed by atoms with Crippen LogP contribution in [-0.4, -0.2) is 9.13 Å². The summed E-state index contributed by atoms with van der Waals surface area (Å²) in [5.41, 5.74) is 13.6.